The molecule has 3 N–H and O–H groups in total. The third kappa shape index (κ3) is 11.7. The summed E-state index contributed by atoms with van der Waals surface area (Å²) in [5.74, 6) is -0.542. The molecule has 1 aromatic heterocycles. The van der Waals surface area contributed by atoms with Gasteiger partial charge in [-0.05, 0) is 74.1 Å². The summed E-state index contributed by atoms with van der Waals surface area (Å²) in [5.41, 5.74) is 2.34. The number of ether oxygens (including phenoxy) is 3. The summed E-state index contributed by atoms with van der Waals surface area (Å²) < 4.78 is 56.7. The number of imidazole rings is 1. The molecule has 366 valence electrons. The number of amides is 4. The van der Waals surface area contributed by atoms with Gasteiger partial charge in [0.15, 0.2) is 0 Å². The van der Waals surface area contributed by atoms with Gasteiger partial charge in [-0.25, -0.2) is 9.78 Å². The zero-order valence-corrected chi connectivity index (χ0v) is 40.3. The van der Waals surface area contributed by atoms with Crippen molar-refractivity contribution in [2.45, 2.75) is 91.7 Å². The molecule has 68 heavy (non-hydrogen) atoms. The first-order valence-corrected chi connectivity index (χ1v) is 23.5. The van der Waals surface area contributed by atoms with Crippen LogP contribution in [0.25, 0.3) is 22.4 Å². The largest absolute Gasteiger partial charge is 0.573 e. The quantitative estimate of drug-likeness (QED) is 0.180. The highest BCUT2D eigenvalue weighted by Crippen LogP contribution is 2.42. The first kappa shape index (κ1) is 50.1. The van der Waals surface area contributed by atoms with E-state index in [0.717, 1.165) is 11.8 Å². The van der Waals surface area contributed by atoms with E-state index in [1.165, 1.54) is 13.2 Å². The molecule has 4 heterocycles. The Morgan fingerprint density at radius 3 is 2.34 bits per heavy atom. The maximum absolute atomic E-state index is 14.2. The van der Waals surface area contributed by atoms with E-state index in [9.17, 15) is 32.3 Å². The molecule has 0 saturated carbocycles. The Morgan fingerprint density at radius 1 is 0.971 bits per heavy atom. The number of piperazine rings is 1. The van der Waals surface area contributed by atoms with Gasteiger partial charge in [0.05, 0.1) is 29.6 Å². The maximum Gasteiger partial charge on any atom is 0.573 e. The number of alkyl carbamates (subject to hydrolysis) is 1. The van der Waals surface area contributed by atoms with E-state index < -0.39 is 41.6 Å². The molecular weight excluding hydrogens is 903 g/mol. The lowest BCUT2D eigenvalue weighted by Crippen LogP contribution is -2.55. The number of alkyl halides is 3. The second-order valence-electron chi connectivity index (χ2n) is 19.3. The molecule has 2 aromatic carbocycles. The Balaban J connectivity index is 1.08. The number of nitrogens with zero attached hydrogens (tertiary/aromatic N) is 4. The lowest BCUT2D eigenvalue weighted by atomic mass is 9.90. The summed E-state index contributed by atoms with van der Waals surface area (Å²) in [5, 5.41) is 5.45. The number of H-pyrrole nitrogens is 1. The summed E-state index contributed by atoms with van der Waals surface area (Å²) in [4.78, 5) is 67.3. The molecule has 3 saturated heterocycles. The van der Waals surface area contributed by atoms with E-state index in [0.29, 0.717) is 87.7 Å². The predicted octanol–water partition coefficient (Wildman–Crippen LogP) is 9.28. The minimum absolute atomic E-state index is 0.00795. The highest BCUT2D eigenvalue weighted by Gasteiger charge is 2.42. The molecule has 1 aliphatic carbocycles. The molecule has 14 nitrogen and oxygen atoms in total. The number of halogens is 4. The van der Waals surface area contributed by atoms with Gasteiger partial charge < -0.3 is 44.5 Å². The monoisotopic (exact) mass is 963 g/mol. The molecule has 4 amide bonds. The van der Waals surface area contributed by atoms with Crippen LogP contribution in [0.15, 0.2) is 78.2 Å². The number of benzene rings is 2. The van der Waals surface area contributed by atoms with Crippen molar-refractivity contribution in [3.05, 3.63) is 89.0 Å². The number of aromatic nitrogens is 2. The lowest BCUT2D eigenvalue weighted by Gasteiger charge is -2.45. The van der Waals surface area contributed by atoms with Gasteiger partial charge in [-0.2, -0.15) is 0 Å². The predicted molar refractivity (Wildman–Crippen MR) is 252 cm³/mol. The van der Waals surface area contributed by atoms with E-state index in [-0.39, 0.29) is 57.5 Å². The third-order valence-corrected chi connectivity index (χ3v) is 13.4. The second kappa shape index (κ2) is 20.8. The fourth-order valence-electron chi connectivity index (χ4n) is 9.54. The number of methoxy groups -OCH3 is 1. The Labute approximate surface area is 400 Å². The highest BCUT2D eigenvalue weighted by molar-refractivity contribution is 6.34. The van der Waals surface area contributed by atoms with Gasteiger partial charge in [0.1, 0.15) is 17.6 Å². The number of allylic oxidation sites excluding steroid dienone is 4. The fraction of sp³-hybridized carbons (Fsp3) is 0.500. The van der Waals surface area contributed by atoms with Crippen molar-refractivity contribution in [2.24, 2.45) is 23.2 Å². The Morgan fingerprint density at radius 2 is 1.68 bits per heavy atom. The number of likely N-dealkylation sites (tertiary alicyclic amines) is 1. The van der Waals surface area contributed by atoms with E-state index in [1.54, 1.807) is 47.5 Å². The van der Waals surface area contributed by atoms with E-state index in [1.807, 2.05) is 37.8 Å². The van der Waals surface area contributed by atoms with Crippen LogP contribution < -0.4 is 15.4 Å². The number of aromatic amines is 1. The van der Waals surface area contributed by atoms with E-state index in [2.05, 4.69) is 46.0 Å². The zero-order chi connectivity index (χ0) is 49.1. The Hall–Kier alpha value is -5.81. The minimum Gasteiger partial charge on any atom is -0.453 e. The number of carbonyl (C=O) groups is 4. The van der Waals surface area contributed by atoms with Gasteiger partial charge in [-0.3, -0.25) is 14.4 Å². The molecule has 0 bridgehead atoms. The van der Waals surface area contributed by atoms with Crippen LogP contribution in [0.5, 0.6) is 5.75 Å². The topological polar surface area (TPSA) is 158 Å². The number of hydrogen-bond donors (Lipinski definition) is 3. The zero-order valence-electron chi connectivity index (χ0n) is 39.5. The standard InChI is InChI=1S/C50H61ClF3N7O7/c1-29-23-41(61(27-29)46(63)43(58-48(65)66-7)34-17-21-67-22-18-34)44-55-26-39(56-44)33-13-11-32(12-14-33)36-24-37(51)38(25-42(36)68-50(52,53)54)57-45(62)35-10-8-9-30(2)40(16-15-35)60-20-19-59(28-31(60)3)47(64)49(4,5)6/h8,10-16,24-26,29-31,34,41,43H,9,17-23,27-28H2,1-7H3,(H,55,56)(H,57,62)(H,58,65)/b10-8+,35-15+,40-16+/t29-,30?,31+,41-,43-/m0/s1. The number of carbonyl (C=O) groups excluding carboxylic acids is 4. The number of hydrogen-bond acceptors (Lipinski definition) is 9. The maximum atomic E-state index is 14.2. The summed E-state index contributed by atoms with van der Waals surface area (Å²) in [6.07, 6.45) is 5.64. The minimum atomic E-state index is -5.06. The summed E-state index contributed by atoms with van der Waals surface area (Å²) >= 11 is 6.71. The molecule has 4 aliphatic rings. The van der Waals surface area contributed by atoms with E-state index >= 15 is 0 Å². The molecule has 3 aliphatic heterocycles. The molecular formula is C50H61ClF3N7O7. The summed E-state index contributed by atoms with van der Waals surface area (Å²) in [7, 11) is 1.26. The van der Waals surface area contributed by atoms with Crippen LogP contribution in [-0.2, 0) is 23.9 Å². The molecule has 18 heteroatoms. The molecule has 3 fully saturated rings. The lowest BCUT2D eigenvalue weighted by molar-refractivity contribution is -0.274. The number of nitrogens with one attached hydrogen (secondary N) is 3. The van der Waals surface area contributed by atoms with E-state index in [4.69, 9.17) is 26.1 Å². The first-order valence-electron chi connectivity index (χ1n) is 23.1. The molecule has 5 atom stereocenters. The van der Waals surface area contributed by atoms with Crippen LogP contribution in [-0.4, -0.2) is 113 Å². The van der Waals surface area contributed by atoms with Crippen molar-refractivity contribution in [1.82, 2.24) is 30.0 Å². The van der Waals surface area contributed by atoms with Crippen molar-refractivity contribution in [2.75, 3.05) is 51.8 Å². The average molecular weight is 965 g/mol. The molecule has 3 aromatic rings. The Bertz CT molecular complexity index is 2440. The van der Waals surface area contributed by atoms with Crippen molar-refractivity contribution >= 4 is 41.1 Å². The smallest absolute Gasteiger partial charge is 0.453 e. The SMILES string of the molecule is COC(=O)N[C@H](C(=O)N1C[C@@H](C)C[C@H]1c1nc(-c2ccc(-c3cc(Cl)c(NC(=O)C4=C/C=C(/N5CCN(C(=O)C(C)(C)C)C[C@H]5C)C(C)C\C=C\4)cc3OC(F)(F)F)cc2)c[nH]1)C1CCOCC1. The van der Waals surface area contributed by atoms with Gasteiger partial charge in [0.2, 0.25) is 11.8 Å². The molecule has 0 spiro atoms. The van der Waals surface area contributed by atoms with Gasteiger partial charge in [0, 0.05) is 85.5 Å². The third-order valence-electron chi connectivity index (χ3n) is 13.1. The summed E-state index contributed by atoms with van der Waals surface area (Å²) in [6, 6.07) is 7.90. The Kier molecular flexibility index (Phi) is 15.3. The van der Waals surface area contributed by atoms with Crippen LogP contribution in [0, 0.1) is 23.2 Å². The number of anilines is 1. The van der Waals surface area contributed by atoms with Crippen LogP contribution in [0.4, 0.5) is 23.7 Å². The average Bonchev–Trinajstić information content (AvgIpc) is 3.94. The van der Waals surface area contributed by atoms with Gasteiger partial charge in [-0.1, -0.05) is 82.6 Å². The normalized spacial score (nSPS) is 24.1. The van der Waals surface area contributed by atoms with Crippen molar-refractivity contribution in [3.63, 3.8) is 0 Å². The van der Waals surface area contributed by atoms with Crippen molar-refractivity contribution < 1.29 is 46.6 Å². The molecule has 7 rings (SSSR count). The number of rotatable bonds is 10. The van der Waals surface area contributed by atoms with Gasteiger partial charge in [-0.15, -0.1) is 13.2 Å². The fourth-order valence-corrected chi connectivity index (χ4v) is 9.75. The van der Waals surface area contributed by atoms with Crippen LogP contribution in [0.3, 0.4) is 0 Å². The van der Waals surface area contributed by atoms with Gasteiger partial charge >= 0.3 is 12.5 Å². The highest BCUT2D eigenvalue weighted by atomic mass is 35.5. The molecule has 0 radical (unpaired) electrons. The van der Waals surface area contributed by atoms with Crippen LogP contribution >= 0.6 is 11.6 Å². The van der Waals surface area contributed by atoms with Gasteiger partial charge in [0.25, 0.3) is 5.91 Å². The van der Waals surface area contributed by atoms with Crippen molar-refractivity contribution in [3.8, 4) is 28.1 Å². The second-order valence-corrected chi connectivity index (χ2v) is 19.7. The van der Waals surface area contributed by atoms with Crippen LogP contribution in [0.1, 0.15) is 79.1 Å². The molecule has 1 unspecified atom stereocenters. The van der Waals surface area contributed by atoms with Crippen LogP contribution in [0.2, 0.25) is 5.02 Å². The van der Waals surface area contributed by atoms with Crippen molar-refractivity contribution in [1.29, 1.82) is 0 Å². The first-order chi connectivity index (χ1) is 32.2. The summed E-state index contributed by atoms with van der Waals surface area (Å²) in [6.45, 7) is 15.2.